The van der Waals surface area contributed by atoms with Crippen molar-refractivity contribution in [1.82, 2.24) is 4.90 Å². The summed E-state index contributed by atoms with van der Waals surface area (Å²) in [4.78, 5) is 38.5. The summed E-state index contributed by atoms with van der Waals surface area (Å²) < 4.78 is 4.97. The van der Waals surface area contributed by atoms with E-state index in [1.54, 1.807) is 19.2 Å². The van der Waals surface area contributed by atoms with Crippen molar-refractivity contribution < 1.29 is 19.1 Å². The van der Waals surface area contributed by atoms with Crippen molar-refractivity contribution in [3.8, 4) is 0 Å². The second kappa shape index (κ2) is 8.22. The number of urea groups is 1. The number of carbonyl (C=O) groups excluding carboxylic acids is 3. The number of fused-ring (bicyclic) bond motifs is 1. The highest BCUT2D eigenvalue weighted by Crippen LogP contribution is 2.26. The van der Waals surface area contributed by atoms with Gasteiger partial charge in [0.1, 0.15) is 0 Å². The Bertz CT molecular complexity index is 939. The highest BCUT2D eigenvalue weighted by atomic mass is 16.5. The van der Waals surface area contributed by atoms with Crippen LogP contribution in [-0.4, -0.2) is 43.0 Å². The minimum Gasteiger partial charge on any atom is -0.385 e. The van der Waals surface area contributed by atoms with Crippen LogP contribution in [0.15, 0.2) is 36.4 Å². The lowest BCUT2D eigenvalue weighted by Crippen LogP contribution is -2.31. The van der Waals surface area contributed by atoms with Crippen LogP contribution in [-0.2, 0) is 4.74 Å². The molecule has 146 valence electrons. The molecule has 1 aliphatic heterocycles. The van der Waals surface area contributed by atoms with E-state index in [2.05, 4.69) is 10.6 Å². The van der Waals surface area contributed by atoms with E-state index in [1.165, 1.54) is 11.0 Å². The topological polar surface area (TPSA) is 87.7 Å². The summed E-state index contributed by atoms with van der Waals surface area (Å²) >= 11 is 0. The fourth-order valence-corrected chi connectivity index (χ4v) is 3.18. The van der Waals surface area contributed by atoms with Crippen molar-refractivity contribution in [2.75, 3.05) is 30.9 Å². The summed E-state index contributed by atoms with van der Waals surface area (Å²) in [7, 11) is 1.57. The molecule has 1 aliphatic rings. The van der Waals surface area contributed by atoms with Crippen LogP contribution in [0.2, 0.25) is 0 Å². The van der Waals surface area contributed by atoms with Gasteiger partial charge in [0.05, 0.1) is 11.1 Å². The predicted octanol–water partition coefficient (Wildman–Crippen LogP) is 3.58. The predicted molar refractivity (Wildman–Crippen MR) is 107 cm³/mol. The molecule has 0 spiro atoms. The number of hydrogen-bond donors (Lipinski definition) is 2. The number of methoxy groups -OCH3 is 1. The van der Waals surface area contributed by atoms with Gasteiger partial charge in [-0.25, -0.2) is 4.79 Å². The van der Waals surface area contributed by atoms with Gasteiger partial charge in [-0.05, 0) is 50.1 Å². The molecule has 1 heterocycles. The highest BCUT2D eigenvalue weighted by molar-refractivity contribution is 6.22. The molecule has 2 aromatic rings. The number of imide groups is 1. The van der Waals surface area contributed by atoms with Gasteiger partial charge < -0.3 is 15.4 Å². The Morgan fingerprint density at radius 2 is 1.75 bits per heavy atom. The molecule has 3 rings (SSSR count). The molecule has 0 aliphatic carbocycles. The van der Waals surface area contributed by atoms with Crippen LogP contribution in [0.3, 0.4) is 0 Å². The van der Waals surface area contributed by atoms with Crippen LogP contribution in [0.5, 0.6) is 0 Å². The van der Waals surface area contributed by atoms with Crippen LogP contribution in [0.4, 0.5) is 16.2 Å². The van der Waals surface area contributed by atoms with Crippen molar-refractivity contribution in [3.63, 3.8) is 0 Å². The number of nitrogens with zero attached hydrogens (tertiary/aromatic N) is 1. The number of benzene rings is 2. The first-order valence-corrected chi connectivity index (χ1v) is 9.05. The Hall–Kier alpha value is -3.19. The van der Waals surface area contributed by atoms with Crippen LogP contribution in [0.1, 0.15) is 38.3 Å². The summed E-state index contributed by atoms with van der Waals surface area (Å²) in [6.45, 7) is 4.67. The van der Waals surface area contributed by atoms with Gasteiger partial charge >= 0.3 is 6.03 Å². The molecule has 2 aromatic carbocycles. The number of hydrogen-bond acceptors (Lipinski definition) is 4. The molecule has 7 nitrogen and oxygen atoms in total. The zero-order valence-electron chi connectivity index (χ0n) is 16.2. The summed E-state index contributed by atoms with van der Waals surface area (Å²) in [5.74, 6) is -0.670. The van der Waals surface area contributed by atoms with Gasteiger partial charge in [-0.1, -0.05) is 17.7 Å². The maximum Gasteiger partial charge on any atom is 0.323 e. The van der Waals surface area contributed by atoms with E-state index >= 15 is 0 Å². The third-order valence-electron chi connectivity index (χ3n) is 4.59. The number of ether oxygens (including phenoxy) is 1. The van der Waals surface area contributed by atoms with Gasteiger partial charge in [0.15, 0.2) is 0 Å². The molecular formula is C21H23N3O4. The van der Waals surface area contributed by atoms with Crippen molar-refractivity contribution in [1.29, 1.82) is 0 Å². The zero-order chi connectivity index (χ0) is 20.3. The van der Waals surface area contributed by atoms with Crippen LogP contribution in [0, 0.1) is 13.8 Å². The number of rotatable bonds is 6. The van der Waals surface area contributed by atoms with E-state index in [1.807, 2.05) is 32.0 Å². The SMILES string of the molecule is COCCCN1C(=O)c2ccc(NC(=O)Nc3ccc(C)cc3C)cc2C1=O. The molecule has 0 saturated carbocycles. The molecule has 0 atom stereocenters. The van der Waals surface area contributed by atoms with E-state index in [-0.39, 0.29) is 11.8 Å². The second-order valence-corrected chi connectivity index (χ2v) is 6.77. The second-order valence-electron chi connectivity index (χ2n) is 6.77. The molecule has 0 aromatic heterocycles. The summed E-state index contributed by atoms with van der Waals surface area (Å²) in [6.07, 6.45) is 0.575. The van der Waals surface area contributed by atoms with E-state index < -0.39 is 6.03 Å². The van der Waals surface area contributed by atoms with Gasteiger partial charge in [-0.2, -0.15) is 0 Å². The third kappa shape index (κ3) is 4.04. The van der Waals surface area contributed by atoms with Crippen molar-refractivity contribution >= 4 is 29.2 Å². The maximum absolute atomic E-state index is 12.5. The standard InChI is InChI=1S/C21H23N3O4/c1-13-5-8-18(14(2)11-13)23-21(27)22-15-6-7-16-17(12-15)20(26)24(19(16)25)9-4-10-28-3/h5-8,11-12H,4,9-10H2,1-3H3,(H2,22,23,27). The molecule has 0 unspecified atom stereocenters. The van der Waals surface area contributed by atoms with E-state index in [9.17, 15) is 14.4 Å². The first kappa shape index (κ1) is 19.6. The Balaban J connectivity index is 1.70. The van der Waals surface area contributed by atoms with Gasteiger partial charge in [0.25, 0.3) is 11.8 Å². The first-order valence-electron chi connectivity index (χ1n) is 9.05. The Kier molecular flexibility index (Phi) is 5.75. The fourth-order valence-electron chi connectivity index (χ4n) is 3.18. The quantitative estimate of drug-likeness (QED) is 0.591. The minimum atomic E-state index is -0.416. The molecular weight excluding hydrogens is 358 g/mol. The smallest absolute Gasteiger partial charge is 0.323 e. The molecule has 7 heteroatoms. The van der Waals surface area contributed by atoms with Gasteiger partial charge in [0, 0.05) is 31.6 Å². The van der Waals surface area contributed by atoms with Gasteiger partial charge in [-0.3, -0.25) is 14.5 Å². The molecule has 0 bridgehead atoms. The van der Waals surface area contributed by atoms with E-state index in [4.69, 9.17) is 4.74 Å². The van der Waals surface area contributed by atoms with Gasteiger partial charge in [0.2, 0.25) is 0 Å². The average molecular weight is 381 g/mol. The van der Waals surface area contributed by atoms with Gasteiger partial charge in [-0.15, -0.1) is 0 Å². The average Bonchev–Trinajstić information content (AvgIpc) is 2.89. The molecule has 0 radical (unpaired) electrons. The van der Waals surface area contributed by atoms with Crippen LogP contribution in [0.25, 0.3) is 0 Å². The molecule has 4 amide bonds. The number of aryl methyl sites for hydroxylation is 2. The summed E-state index contributed by atoms with van der Waals surface area (Å²) in [5.41, 5.74) is 3.87. The molecule has 2 N–H and O–H groups in total. The van der Waals surface area contributed by atoms with E-state index in [0.29, 0.717) is 42.1 Å². The van der Waals surface area contributed by atoms with Crippen LogP contribution >= 0.6 is 0 Å². The molecule has 0 saturated heterocycles. The maximum atomic E-state index is 12.5. The number of carbonyl (C=O) groups is 3. The fraction of sp³-hybridized carbons (Fsp3) is 0.286. The largest absolute Gasteiger partial charge is 0.385 e. The van der Waals surface area contributed by atoms with Crippen molar-refractivity contribution in [3.05, 3.63) is 58.7 Å². The van der Waals surface area contributed by atoms with E-state index in [0.717, 1.165) is 11.1 Å². The monoisotopic (exact) mass is 381 g/mol. The lowest BCUT2D eigenvalue weighted by molar-refractivity contribution is 0.0638. The van der Waals surface area contributed by atoms with Crippen molar-refractivity contribution in [2.45, 2.75) is 20.3 Å². The normalized spacial score (nSPS) is 12.9. The summed E-state index contributed by atoms with van der Waals surface area (Å²) in [5, 5.41) is 5.50. The third-order valence-corrected chi connectivity index (χ3v) is 4.59. The lowest BCUT2D eigenvalue weighted by atomic mass is 10.1. The molecule has 28 heavy (non-hydrogen) atoms. The Morgan fingerprint density at radius 3 is 2.46 bits per heavy atom. The van der Waals surface area contributed by atoms with Crippen LogP contribution < -0.4 is 10.6 Å². The number of nitrogens with one attached hydrogen (secondary N) is 2. The highest BCUT2D eigenvalue weighted by Gasteiger charge is 2.35. The zero-order valence-corrected chi connectivity index (χ0v) is 16.2. The first-order chi connectivity index (χ1) is 13.4. The summed E-state index contributed by atoms with van der Waals surface area (Å²) in [6, 6.07) is 10.0. The van der Waals surface area contributed by atoms with Crippen molar-refractivity contribution in [2.24, 2.45) is 0 Å². The Labute approximate surface area is 163 Å². The molecule has 0 fully saturated rings. The lowest BCUT2D eigenvalue weighted by Gasteiger charge is -2.12. The number of amides is 4. The Morgan fingerprint density at radius 1 is 1.00 bits per heavy atom. The minimum absolute atomic E-state index is 0.298. The number of anilines is 2.